The molecular formula is C22H28ClN3O2. The number of anilines is 1. The van der Waals surface area contributed by atoms with Crippen molar-refractivity contribution in [1.82, 2.24) is 10.6 Å². The van der Waals surface area contributed by atoms with Crippen LogP contribution < -0.4 is 16.0 Å². The number of benzene rings is 2. The second kappa shape index (κ2) is 10.8. The molecule has 150 valence electrons. The van der Waals surface area contributed by atoms with Gasteiger partial charge in [0.1, 0.15) is 6.04 Å². The lowest BCUT2D eigenvalue weighted by Crippen LogP contribution is -2.49. The molecule has 1 fully saturated rings. The van der Waals surface area contributed by atoms with Crippen LogP contribution in [0.2, 0.25) is 0 Å². The summed E-state index contributed by atoms with van der Waals surface area (Å²) in [6, 6.07) is 18.8. The van der Waals surface area contributed by atoms with E-state index in [1.54, 1.807) is 0 Å². The minimum atomic E-state index is -0.606. The van der Waals surface area contributed by atoms with Crippen LogP contribution in [-0.4, -0.2) is 30.4 Å². The Kier molecular flexibility index (Phi) is 8.48. The summed E-state index contributed by atoms with van der Waals surface area (Å²) in [5, 5.41) is 9.27. The molecular weight excluding hydrogens is 374 g/mol. The molecule has 2 aromatic rings. The van der Waals surface area contributed by atoms with E-state index in [4.69, 9.17) is 0 Å². The first-order chi connectivity index (χ1) is 13.1. The fraction of sp³-hybridized carbons (Fsp3) is 0.364. The standard InChI is InChI=1S/C22H27N3O2.ClH/c1-16-14-18(12-13-23-16)21(26)25-20(15-17-8-4-2-5-9-17)22(27)24-19-10-6-3-7-11-19;/h2-11,16,18,20,23H,12-15H2,1H3,(H,24,27)(H,25,26);1H/t16-,18-,20?;/m0./s1. The Balaban J connectivity index is 0.00000280. The third kappa shape index (κ3) is 6.36. The van der Waals surface area contributed by atoms with Gasteiger partial charge in [-0.15, -0.1) is 12.4 Å². The number of hydrogen-bond acceptors (Lipinski definition) is 3. The normalized spacial score (nSPS) is 19.8. The zero-order valence-corrected chi connectivity index (χ0v) is 16.9. The number of nitrogens with one attached hydrogen (secondary N) is 3. The summed E-state index contributed by atoms with van der Waals surface area (Å²) in [7, 11) is 0. The van der Waals surface area contributed by atoms with E-state index in [1.165, 1.54) is 0 Å². The van der Waals surface area contributed by atoms with Crippen molar-refractivity contribution in [3.8, 4) is 0 Å². The number of carbonyl (C=O) groups excluding carboxylic acids is 2. The summed E-state index contributed by atoms with van der Waals surface area (Å²) >= 11 is 0. The number of piperidine rings is 1. The maximum absolute atomic E-state index is 12.9. The Morgan fingerprint density at radius 1 is 1.07 bits per heavy atom. The van der Waals surface area contributed by atoms with Gasteiger partial charge >= 0.3 is 0 Å². The van der Waals surface area contributed by atoms with Crippen LogP contribution in [0.3, 0.4) is 0 Å². The predicted octanol–water partition coefficient (Wildman–Crippen LogP) is 3.16. The molecule has 0 aliphatic carbocycles. The van der Waals surface area contributed by atoms with Crippen LogP contribution in [-0.2, 0) is 16.0 Å². The summed E-state index contributed by atoms with van der Waals surface area (Å²) in [6.07, 6.45) is 2.06. The van der Waals surface area contributed by atoms with Crippen molar-refractivity contribution < 1.29 is 9.59 Å². The first kappa shape index (κ1) is 21.9. The number of hydrogen-bond donors (Lipinski definition) is 3. The van der Waals surface area contributed by atoms with Crippen molar-refractivity contribution in [3.63, 3.8) is 0 Å². The van der Waals surface area contributed by atoms with Crippen LogP contribution in [0, 0.1) is 5.92 Å². The average molecular weight is 402 g/mol. The Hall–Kier alpha value is -2.37. The Labute approximate surface area is 172 Å². The minimum Gasteiger partial charge on any atom is -0.344 e. The molecule has 2 amide bonds. The average Bonchev–Trinajstić information content (AvgIpc) is 2.69. The van der Waals surface area contributed by atoms with E-state index in [0.29, 0.717) is 12.5 Å². The van der Waals surface area contributed by atoms with E-state index in [0.717, 1.165) is 30.6 Å². The van der Waals surface area contributed by atoms with Gasteiger partial charge < -0.3 is 16.0 Å². The molecule has 2 aromatic carbocycles. The van der Waals surface area contributed by atoms with E-state index in [-0.39, 0.29) is 30.1 Å². The number of carbonyl (C=O) groups is 2. The summed E-state index contributed by atoms with van der Waals surface area (Å²) in [4.78, 5) is 25.6. The summed E-state index contributed by atoms with van der Waals surface area (Å²) < 4.78 is 0. The lowest BCUT2D eigenvalue weighted by Gasteiger charge is -2.28. The highest BCUT2D eigenvalue weighted by atomic mass is 35.5. The Bertz CT molecular complexity index is 755. The molecule has 1 aliphatic rings. The zero-order chi connectivity index (χ0) is 19.1. The molecule has 6 heteroatoms. The van der Waals surface area contributed by atoms with Crippen LogP contribution in [0.4, 0.5) is 5.69 Å². The monoisotopic (exact) mass is 401 g/mol. The molecule has 0 radical (unpaired) electrons. The van der Waals surface area contributed by atoms with Gasteiger partial charge in [0.2, 0.25) is 11.8 Å². The van der Waals surface area contributed by atoms with E-state index in [2.05, 4.69) is 22.9 Å². The fourth-order valence-corrected chi connectivity index (χ4v) is 3.47. The topological polar surface area (TPSA) is 70.2 Å². The van der Waals surface area contributed by atoms with Gasteiger partial charge in [-0.05, 0) is 44.0 Å². The summed E-state index contributed by atoms with van der Waals surface area (Å²) in [6.45, 7) is 2.92. The minimum absolute atomic E-state index is 0. The molecule has 1 heterocycles. The van der Waals surface area contributed by atoms with Gasteiger partial charge in [0.25, 0.3) is 0 Å². The van der Waals surface area contributed by atoms with E-state index < -0.39 is 6.04 Å². The predicted molar refractivity (Wildman–Crippen MR) is 115 cm³/mol. The largest absolute Gasteiger partial charge is 0.344 e. The first-order valence-electron chi connectivity index (χ1n) is 9.55. The van der Waals surface area contributed by atoms with Crippen LogP contribution in [0.1, 0.15) is 25.3 Å². The molecule has 0 bridgehead atoms. The second-order valence-corrected chi connectivity index (χ2v) is 7.18. The SMILES string of the molecule is C[C@H]1C[C@@H](C(=O)NC(Cc2ccccc2)C(=O)Nc2ccccc2)CCN1.Cl. The quantitative estimate of drug-likeness (QED) is 0.696. The third-order valence-electron chi connectivity index (χ3n) is 4.95. The number of rotatable bonds is 6. The molecule has 28 heavy (non-hydrogen) atoms. The van der Waals surface area contributed by atoms with E-state index in [9.17, 15) is 9.59 Å². The lowest BCUT2D eigenvalue weighted by molar-refractivity contribution is -0.130. The Morgan fingerprint density at radius 3 is 2.36 bits per heavy atom. The molecule has 3 atom stereocenters. The third-order valence-corrected chi connectivity index (χ3v) is 4.95. The second-order valence-electron chi connectivity index (χ2n) is 7.18. The maximum atomic E-state index is 12.9. The molecule has 1 unspecified atom stereocenters. The van der Waals surface area contributed by atoms with E-state index >= 15 is 0 Å². The molecule has 1 saturated heterocycles. The van der Waals surface area contributed by atoms with Gasteiger partial charge in [-0.25, -0.2) is 0 Å². The molecule has 3 rings (SSSR count). The fourth-order valence-electron chi connectivity index (χ4n) is 3.47. The van der Waals surface area contributed by atoms with Gasteiger partial charge in [-0.3, -0.25) is 9.59 Å². The van der Waals surface area contributed by atoms with Crippen molar-refractivity contribution in [2.45, 2.75) is 38.3 Å². The molecule has 0 saturated carbocycles. The molecule has 0 spiro atoms. The van der Waals surface area contributed by atoms with Gasteiger partial charge in [0, 0.05) is 24.1 Å². The smallest absolute Gasteiger partial charge is 0.247 e. The van der Waals surface area contributed by atoms with Crippen molar-refractivity contribution in [2.24, 2.45) is 5.92 Å². The molecule has 0 aromatic heterocycles. The van der Waals surface area contributed by atoms with Gasteiger partial charge in [-0.1, -0.05) is 48.5 Å². The molecule has 3 N–H and O–H groups in total. The van der Waals surface area contributed by atoms with Crippen molar-refractivity contribution in [3.05, 3.63) is 66.2 Å². The van der Waals surface area contributed by atoms with Crippen LogP contribution in [0.5, 0.6) is 0 Å². The zero-order valence-electron chi connectivity index (χ0n) is 16.1. The highest BCUT2D eigenvalue weighted by Gasteiger charge is 2.28. The number of para-hydroxylation sites is 1. The van der Waals surface area contributed by atoms with Gasteiger partial charge in [-0.2, -0.15) is 0 Å². The number of halogens is 1. The highest BCUT2D eigenvalue weighted by Crippen LogP contribution is 2.17. The van der Waals surface area contributed by atoms with Crippen molar-refractivity contribution in [2.75, 3.05) is 11.9 Å². The molecule has 5 nitrogen and oxygen atoms in total. The van der Waals surface area contributed by atoms with Crippen molar-refractivity contribution in [1.29, 1.82) is 0 Å². The van der Waals surface area contributed by atoms with Gasteiger partial charge in [0.15, 0.2) is 0 Å². The first-order valence-corrected chi connectivity index (χ1v) is 9.55. The lowest BCUT2D eigenvalue weighted by atomic mass is 9.92. The number of amides is 2. The van der Waals surface area contributed by atoms with Crippen molar-refractivity contribution >= 4 is 29.9 Å². The van der Waals surface area contributed by atoms with Crippen LogP contribution in [0.25, 0.3) is 0 Å². The van der Waals surface area contributed by atoms with E-state index in [1.807, 2.05) is 60.7 Å². The van der Waals surface area contributed by atoms with Crippen LogP contribution in [0.15, 0.2) is 60.7 Å². The maximum Gasteiger partial charge on any atom is 0.247 e. The summed E-state index contributed by atoms with van der Waals surface area (Å²) in [5.74, 6) is -0.281. The molecule has 1 aliphatic heterocycles. The summed E-state index contributed by atoms with van der Waals surface area (Å²) in [5.41, 5.74) is 1.75. The highest BCUT2D eigenvalue weighted by molar-refractivity contribution is 5.97. The Morgan fingerprint density at radius 2 is 1.71 bits per heavy atom. The van der Waals surface area contributed by atoms with Crippen LogP contribution >= 0.6 is 12.4 Å². The van der Waals surface area contributed by atoms with Gasteiger partial charge in [0.05, 0.1) is 0 Å².